The van der Waals surface area contributed by atoms with Crippen molar-refractivity contribution in [2.45, 2.75) is 19.9 Å². The van der Waals surface area contributed by atoms with Gasteiger partial charge in [0.25, 0.3) is 0 Å². The summed E-state index contributed by atoms with van der Waals surface area (Å²) in [5, 5.41) is 4.06. The molecule has 1 rings (SSSR count). The smallest absolute Gasteiger partial charge is 0.343 e. The molecule has 5 nitrogen and oxygen atoms in total. The molecule has 0 atom stereocenters. The summed E-state index contributed by atoms with van der Waals surface area (Å²) >= 11 is 0. The molecule has 0 fully saturated rings. The minimum absolute atomic E-state index is 0.0830. The van der Waals surface area contributed by atoms with E-state index in [1.807, 2.05) is 13.8 Å². The van der Waals surface area contributed by atoms with Crippen molar-refractivity contribution in [3.63, 3.8) is 0 Å². The molecule has 0 saturated carbocycles. The lowest BCUT2D eigenvalue weighted by Crippen LogP contribution is -2.12. The molecule has 14 heavy (non-hydrogen) atoms. The maximum absolute atomic E-state index is 10.8. The quantitative estimate of drug-likeness (QED) is 0.678. The van der Waals surface area contributed by atoms with Crippen molar-refractivity contribution in [1.29, 1.82) is 0 Å². The Balaban J connectivity index is 2.48. The number of ether oxygens (including phenoxy) is 2. The Morgan fingerprint density at radius 3 is 2.86 bits per heavy atom. The lowest BCUT2D eigenvalue weighted by atomic mass is 10.4. The summed E-state index contributed by atoms with van der Waals surface area (Å²) in [4.78, 5) is 10.8. The molecule has 0 unspecified atom stereocenters. The minimum atomic E-state index is -0.401. The first-order valence-corrected chi connectivity index (χ1v) is 4.37. The molecule has 0 amide bonds. The van der Waals surface area contributed by atoms with Gasteiger partial charge in [0.1, 0.15) is 0 Å². The number of nitrogens with zero attached hydrogens (tertiary/aromatic N) is 2. The zero-order chi connectivity index (χ0) is 10.6. The van der Waals surface area contributed by atoms with Gasteiger partial charge in [0.15, 0.2) is 12.4 Å². The van der Waals surface area contributed by atoms with Crippen LogP contribution >= 0.6 is 0 Å². The van der Waals surface area contributed by atoms with E-state index in [1.54, 1.807) is 17.1 Å². The number of methoxy groups -OCH3 is 1. The average molecular weight is 198 g/mol. The fraction of sp³-hybridized carbons (Fsp3) is 0.556. The molecule has 1 heterocycles. The molecular formula is C9H14N2O3. The maximum Gasteiger partial charge on any atom is 0.343 e. The van der Waals surface area contributed by atoms with Gasteiger partial charge in [-0.15, -0.1) is 0 Å². The molecule has 1 aromatic heterocycles. The molecule has 5 heteroatoms. The van der Waals surface area contributed by atoms with Gasteiger partial charge >= 0.3 is 5.97 Å². The van der Waals surface area contributed by atoms with Crippen LogP contribution in [0.15, 0.2) is 12.4 Å². The third kappa shape index (κ3) is 2.76. The Labute approximate surface area is 82.6 Å². The Kier molecular flexibility index (Phi) is 3.50. The lowest BCUT2D eigenvalue weighted by Gasteiger charge is -2.03. The number of rotatable bonds is 4. The number of esters is 1. The molecule has 0 aliphatic rings. The van der Waals surface area contributed by atoms with Gasteiger partial charge in [-0.3, -0.25) is 4.68 Å². The van der Waals surface area contributed by atoms with E-state index in [-0.39, 0.29) is 12.6 Å². The van der Waals surface area contributed by atoms with Crippen LogP contribution in [0.4, 0.5) is 0 Å². The molecule has 0 bridgehead atoms. The van der Waals surface area contributed by atoms with E-state index < -0.39 is 5.97 Å². The summed E-state index contributed by atoms with van der Waals surface area (Å²) < 4.78 is 11.3. The van der Waals surface area contributed by atoms with Crippen LogP contribution < -0.4 is 4.74 Å². The summed E-state index contributed by atoms with van der Waals surface area (Å²) in [6.45, 7) is 3.94. The second kappa shape index (κ2) is 4.64. The fourth-order valence-corrected chi connectivity index (χ4v) is 0.879. The van der Waals surface area contributed by atoms with Gasteiger partial charge in [-0.05, 0) is 13.8 Å². The highest BCUT2D eigenvalue weighted by Crippen LogP contribution is 2.11. The van der Waals surface area contributed by atoms with Gasteiger partial charge in [0.2, 0.25) is 0 Å². The molecular weight excluding hydrogens is 184 g/mol. The standard InChI is InChI=1S/C9H14N2O3/c1-7(2)11-5-8(4-10-11)14-6-9(12)13-3/h4-5,7H,6H2,1-3H3. The van der Waals surface area contributed by atoms with Crippen molar-refractivity contribution >= 4 is 5.97 Å². The van der Waals surface area contributed by atoms with Crippen molar-refractivity contribution in [1.82, 2.24) is 9.78 Å². The topological polar surface area (TPSA) is 53.4 Å². The largest absolute Gasteiger partial charge is 0.479 e. The first-order valence-electron chi connectivity index (χ1n) is 4.37. The number of hydrogen-bond acceptors (Lipinski definition) is 4. The zero-order valence-electron chi connectivity index (χ0n) is 8.56. The third-order valence-electron chi connectivity index (χ3n) is 1.69. The Hall–Kier alpha value is -1.52. The van der Waals surface area contributed by atoms with Gasteiger partial charge in [-0.2, -0.15) is 5.10 Å². The molecule has 0 spiro atoms. The Morgan fingerprint density at radius 2 is 2.36 bits per heavy atom. The van der Waals surface area contributed by atoms with Crippen molar-refractivity contribution < 1.29 is 14.3 Å². The first-order chi connectivity index (χ1) is 6.63. The summed E-state index contributed by atoms with van der Waals surface area (Å²) in [6, 6.07) is 0.283. The van der Waals surface area contributed by atoms with E-state index in [2.05, 4.69) is 9.84 Å². The molecule has 0 aliphatic heterocycles. The van der Waals surface area contributed by atoms with Gasteiger partial charge < -0.3 is 9.47 Å². The van der Waals surface area contributed by atoms with E-state index in [1.165, 1.54) is 7.11 Å². The average Bonchev–Trinajstić information content (AvgIpc) is 2.62. The highest BCUT2D eigenvalue weighted by molar-refractivity contribution is 5.70. The van der Waals surface area contributed by atoms with Crippen LogP contribution in [0, 0.1) is 0 Å². The fourth-order valence-electron chi connectivity index (χ4n) is 0.879. The molecule has 0 saturated heterocycles. The molecule has 0 aromatic carbocycles. The van der Waals surface area contributed by atoms with Crippen LogP contribution in [0.25, 0.3) is 0 Å². The maximum atomic E-state index is 10.8. The predicted molar refractivity (Wildman–Crippen MR) is 50.1 cm³/mol. The summed E-state index contributed by atoms with van der Waals surface area (Å²) in [6.07, 6.45) is 3.32. The van der Waals surface area contributed by atoms with Crippen LogP contribution in [0.5, 0.6) is 5.75 Å². The summed E-state index contributed by atoms with van der Waals surface area (Å²) in [5.74, 6) is 0.173. The van der Waals surface area contributed by atoms with E-state index in [9.17, 15) is 4.79 Å². The SMILES string of the molecule is COC(=O)COc1cnn(C(C)C)c1. The van der Waals surface area contributed by atoms with Gasteiger partial charge in [0.05, 0.1) is 19.5 Å². The number of carbonyl (C=O) groups is 1. The van der Waals surface area contributed by atoms with Gasteiger partial charge in [0, 0.05) is 6.04 Å². The van der Waals surface area contributed by atoms with Crippen molar-refractivity contribution in [2.75, 3.05) is 13.7 Å². The highest BCUT2D eigenvalue weighted by atomic mass is 16.6. The van der Waals surface area contributed by atoms with Crippen LogP contribution in [0.1, 0.15) is 19.9 Å². The third-order valence-corrected chi connectivity index (χ3v) is 1.69. The molecule has 0 N–H and O–H groups in total. The Morgan fingerprint density at radius 1 is 1.64 bits per heavy atom. The summed E-state index contributed by atoms with van der Waals surface area (Å²) in [5.41, 5.74) is 0. The minimum Gasteiger partial charge on any atom is -0.479 e. The van der Waals surface area contributed by atoms with Crippen molar-refractivity contribution in [2.24, 2.45) is 0 Å². The molecule has 1 aromatic rings. The van der Waals surface area contributed by atoms with E-state index in [4.69, 9.17) is 4.74 Å². The predicted octanol–water partition coefficient (Wildman–Crippen LogP) is 1.02. The van der Waals surface area contributed by atoms with Crippen molar-refractivity contribution in [3.8, 4) is 5.75 Å². The number of carbonyl (C=O) groups excluding carboxylic acids is 1. The molecule has 78 valence electrons. The number of hydrogen-bond donors (Lipinski definition) is 0. The van der Waals surface area contributed by atoms with Crippen LogP contribution in [0.3, 0.4) is 0 Å². The molecule has 0 aliphatic carbocycles. The van der Waals surface area contributed by atoms with Crippen LogP contribution in [-0.4, -0.2) is 29.5 Å². The van der Waals surface area contributed by atoms with Crippen molar-refractivity contribution in [3.05, 3.63) is 12.4 Å². The normalized spacial score (nSPS) is 10.3. The second-order valence-electron chi connectivity index (χ2n) is 3.11. The first kappa shape index (κ1) is 10.6. The van der Waals surface area contributed by atoms with Gasteiger partial charge in [-0.25, -0.2) is 4.79 Å². The Bertz CT molecular complexity index is 307. The van der Waals surface area contributed by atoms with E-state index >= 15 is 0 Å². The zero-order valence-corrected chi connectivity index (χ0v) is 8.56. The number of aromatic nitrogens is 2. The van der Waals surface area contributed by atoms with Gasteiger partial charge in [-0.1, -0.05) is 0 Å². The van der Waals surface area contributed by atoms with E-state index in [0.29, 0.717) is 5.75 Å². The van der Waals surface area contributed by atoms with Crippen LogP contribution in [-0.2, 0) is 9.53 Å². The second-order valence-corrected chi connectivity index (χ2v) is 3.11. The summed E-state index contributed by atoms with van der Waals surface area (Å²) in [7, 11) is 1.32. The lowest BCUT2D eigenvalue weighted by molar-refractivity contribution is -0.142. The monoisotopic (exact) mass is 198 g/mol. The van der Waals surface area contributed by atoms with E-state index in [0.717, 1.165) is 0 Å². The highest BCUT2D eigenvalue weighted by Gasteiger charge is 2.05. The van der Waals surface area contributed by atoms with Crippen LogP contribution in [0.2, 0.25) is 0 Å². The molecule has 0 radical (unpaired) electrons.